The highest BCUT2D eigenvalue weighted by Gasteiger charge is 2.14. The Bertz CT molecular complexity index is 877. The molecule has 0 unspecified atom stereocenters. The van der Waals surface area contributed by atoms with E-state index in [0.717, 1.165) is 21.3 Å². The van der Waals surface area contributed by atoms with Gasteiger partial charge in [-0.05, 0) is 46.9 Å². The van der Waals surface area contributed by atoms with E-state index in [0.29, 0.717) is 5.82 Å². The van der Waals surface area contributed by atoms with Crippen molar-refractivity contribution in [2.45, 2.75) is 12.8 Å². The first-order valence-electron chi connectivity index (χ1n) is 7.35. The summed E-state index contributed by atoms with van der Waals surface area (Å²) in [5, 5.41) is 6.08. The number of rotatable bonds is 5. The maximum Gasteiger partial charge on any atom is 0.227 e. The van der Waals surface area contributed by atoms with Crippen molar-refractivity contribution in [1.82, 2.24) is 10.1 Å². The lowest BCUT2D eigenvalue weighted by Gasteiger charge is -2.06. The molecule has 1 heterocycles. The molecule has 128 valence electrons. The number of benzene rings is 2. The van der Waals surface area contributed by atoms with Crippen molar-refractivity contribution in [2.75, 3.05) is 5.32 Å². The molecule has 0 saturated heterocycles. The summed E-state index contributed by atoms with van der Waals surface area (Å²) in [6.45, 7) is 0. The van der Waals surface area contributed by atoms with E-state index in [1.165, 1.54) is 6.07 Å². The number of halogens is 3. The third-order valence-electron chi connectivity index (χ3n) is 3.36. The maximum absolute atomic E-state index is 13.5. The van der Waals surface area contributed by atoms with Crippen molar-refractivity contribution in [3.05, 3.63) is 63.6 Å². The normalized spacial score (nSPS) is 10.7. The van der Waals surface area contributed by atoms with Crippen LogP contribution in [0.1, 0.15) is 12.3 Å². The first-order valence-corrected chi connectivity index (χ1v) is 8.43. The van der Waals surface area contributed by atoms with Crippen molar-refractivity contribution in [3.8, 4) is 11.4 Å². The molecule has 5 nitrogen and oxygen atoms in total. The van der Waals surface area contributed by atoms with Gasteiger partial charge in [-0.25, -0.2) is 8.78 Å². The third-order valence-corrected chi connectivity index (χ3v) is 4.08. The van der Waals surface area contributed by atoms with Crippen molar-refractivity contribution in [1.29, 1.82) is 0 Å². The van der Waals surface area contributed by atoms with Crippen LogP contribution in [-0.2, 0) is 11.2 Å². The molecule has 1 aromatic heterocycles. The monoisotopic (exact) mass is 455 g/mol. The lowest BCUT2D eigenvalue weighted by Crippen LogP contribution is -2.14. The first-order chi connectivity index (χ1) is 12.0. The number of carbonyl (C=O) groups excluding carboxylic acids is 1. The lowest BCUT2D eigenvalue weighted by atomic mass is 10.2. The van der Waals surface area contributed by atoms with Crippen LogP contribution in [0, 0.1) is 15.2 Å². The maximum atomic E-state index is 13.5. The second-order valence-electron chi connectivity index (χ2n) is 5.16. The van der Waals surface area contributed by atoms with Crippen LogP contribution >= 0.6 is 22.6 Å². The summed E-state index contributed by atoms with van der Waals surface area (Å²) in [6.07, 6.45) is 0.126. The summed E-state index contributed by atoms with van der Waals surface area (Å²) in [6, 6.07) is 10.9. The molecule has 0 aliphatic carbocycles. The topological polar surface area (TPSA) is 68.0 Å². The van der Waals surface area contributed by atoms with E-state index in [9.17, 15) is 13.6 Å². The zero-order valence-electron chi connectivity index (χ0n) is 12.8. The predicted octanol–water partition coefficient (Wildman–Crippen LogP) is 4.19. The summed E-state index contributed by atoms with van der Waals surface area (Å²) < 4.78 is 33.2. The quantitative estimate of drug-likeness (QED) is 0.586. The van der Waals surface area contributed by atoms with Gasteiger partial charge in [0.15, 0.2) is 0 Å². The van der Waals surface area contributed by atoms with Crippen molar-refractivity contribution in [3.63, 3.8) is 0 Å². The van der Waals surface area contributed by atoms with Gasteiger partial charge in [0.1, 0.15) is 17.3 Å². The largest absolute Gasteiger partial charge is 0.339 e. The number of aryl methyl sites for hydroxylation is 1. The van der Waals surface area contributed by atoms with Crippen LogP contribution in [-0.4, -0.2) is 16.0 Å². The minimum absolute atomic E-state index is 0.0396. The number of nitrogens with one attached hydrogen (secondary N) is 1. The molecule has 2 aromatic carbocycles. The van der Waals surface area contributed by atoms with Gasteiger partial charge in [-0.1, -0.05) is 23.4 Å². The van der Waals surface area contributed by atoms with Crippen LogP contribution in [0.5, 0.6) is 0 Å². The molecule has 1 N–H and O–H groups in total. The predicted molar refractivity (Wildman–Crippen MR) is 95.8 cm³/mol. The fourth-order valence-corrected chi connectivity index (χ4v) is 2.47. The smallest absolute Gasteiger partial charge is 0.227 e. The van der Waals surface area contributed by atoms with Crippen LogP contribution in [0.15, 0.2) is 47.0 Å². The van der Waals surface area contributed by atoms with Crippen LogP contribution in [0.3, 0.4) is 0 Å². The molecule has 25 heavy (non-hydrogen) atoms. The molecular weight excluding hydrogens is 443 g/mol. The van der Waals surface area contributed by atoms with E-state index in [-0.39, 0.29) is 18.7 Å². The zero-order chi connectivity index (χ0) is 17.8. The Labute approximate surface area is 155 Å². The Morgan fingerprint density at radius 3 is 2.48 bits per heavy atom. The molecule has 0 bridgehead atoms. The second kappa shape index (κ2) is 7.68. The third kappa shape index (κ3) is 4.38. The number of para-hydroxylation sites is 1. The summed E-state index contributed by atoms with van der Waals surface area (Å²) in [4.78, 5) is 16.1. The van der Waals surface area contributed by atoms with Crippen molar-refractivity contribution >= 4 is 34.2 Å². The number of nitrogens with zero attached hydrogens (tertiary/aromatic N) is 2. The van der Waals surface area contributed by atoms with E-state index in [2.05, 4.69) is 38.0 Å². The fourth-order valence-electron chi connectivity index (χ4n) is 2.11. The van der Waals surface area contributed by atoms with E-state index in [1.807, 2.05) is 24.3 Å². The molecule has 0 saturated carbocycles. The average Bonchev–Trinajstić information content (AvgIpc) is 3.06. The van der Waals surface area contributed by atoms with Gasteiger partial charge in [-0.2, -0.15) is 4.98 Å². The van der Waals surface area contributed by atoms with Gasteiger partial charge in [-0.15, -0.1) is 0 Å². The zero-order valence-corrected chi connectivity index (χ0v) is 15.0. The summed E-state index contributed by atoms with van der Waals surface area (Å²) in [5.41, 5.74) is 0.339. The summed E-state index contributed by atoms with van der Waals surface area (Å²) >= 11 is 2.19. The van der Waals surface area contributed by atoms with E-state index in [4.69, 9.17) is 4.52 Å². The number of hydrogen-bond donors (Lipinski definition) is 1. The van der Waals surface area contributed by atoms with E-state index < -0.39 is 23.2 Å². The lowest BCUT2D eigenvalue weighted by molar-refractivity contribution is -0.116. The average molecular weight is 455 g/mol. The van der Waals surface area contributed by atoms with Crippen molar-refractivity contribution in [2.24, 2.45) is 0 Å². The molecular formula is C17H12F2IN3O2. The first kappa shape index (κ1) is 17.5. The van der Waals surface area contributed by atoms with Gasteiger partial charge in [-0.3, -0.25) is 4.79 Å². The Hall–Kier alpha value is -2.36. The molecule has 1 amide bonds. The fraction of sp³-hybridized carbons (Fsp3) is 0.118. The second-order valence-corrected chi connectivity index (χ2v) is 6.41. The van der Waals surface area contributed by atoms with Gasteiger partial charge < -0.3 is 9.84 Å². The summed E-state index contributed by atoms with van der Waals surface area (Å²) in [7, 11) is 0. The number of anilines is 1. The molecule has 0 spiro atoms. The van der Waals surface area contributed by atoms with Crippen LogP contribution in [0.25, 0.3) is 11.4 Å². The molecule has 0 aliphatic rings. The minimum Gasteiger partial charge on any atom is -0.339 e. The molecule has 3 aromatic rings. The Balaban J connectivity index is 1.60. The van der Waals surface area contributed by atoms with Gasteiger partial charge in [0.05, 0.1) is 0 Å². The van der Waals surface area contributed by atoms with Gasteiger partial charge in [0.2, 0.25) is 17.6 Å². The Morgan fingerprint density at radius 1 is 1.12 bits per heavy atom. The number of carbonyl (C=O) groups is 1. The molecule has 8 heteroatoms. The molecule has 0 aliphatic heterocycles. The number of amides is 1. The molecule has 0 radical (unpaired) electrons. The Morgan fingerprint density at radius 2 is 1.80 bits per heavy atom. The highest BCUT2D eigenvalue weighted by Crippen LogP contribution is 2.19. The SMILES string of the molecule is O=C(CCc1nc(-c2ccc(I)cc2)no1)Nc1c(F)cccc1F. The van der Waals surface area contributed by atoms with Gasteiger partial charge >= 0.3 is 0 Å². The standard InChI is InChI=1S/C17H12F2IN3O2/c18-12-2-1-3-13(19)16(12)21-14(24)8-9-15-22-17(23-25-15)10-4-6-11(20)7-5-10/h1-7H,8-9H2,(H,21,24). The van der Waals surface area contributed by atoms with Crippen LogP contribution in [0.2, 0.25) is 0 Å². The summed E-state index contributed by atoms with van der Waals surface area (Å²) in [5.74, 6) is -1.50. The number of aromatic nitrogens is 2. The van der Waals surface area contributed by atoms with Crippen molar-refractivity contribution < 1.29 is 18.1 Å². The van der Waals surface area contributed by atoms with Gasteiger partial charge in [0, 0.05) is 22.0 Å². The molecule has 0 atom stereocenters. The number of hydrogen-bond acceptors (Lipinski definition) is 4. The molecule has 0 fully saturated rings. The highest BCUT2D eigenvalue weighted by molar-refractivity contribution is 14.1. The highest BCUT2D eigenvalue weighted by atomic mass is 127. The molecule has 3 rings (SSSR count). The van der Waals surface area contributed by atoms with E-state index >= 15 is 0 Å². The van der Waals surface area contributed by atoms with Gasteiger partial charge in [0.25, 0.3) is 0 Å². The van der Waals surface area contributed by atoms with Crippen LogP contribution in [0.4, 0.5) is 14.5 Å². The minimum atomic E-state index is -0.827. The van der Waals surface area contributed by atoms with E-state index in [1.54, 1.807) is 0 Å². The Kier molecular flexibility index (Phi) is 5.37. The van der Waals surface area contributed by atoms with Crippen LogP contribution < -0.4 is 5.32 Å².